The summed E-state index contributed by atoms with van der Waals surface area (Å²) in [5.74, 6) is -0.661. The van der Waals surface area contributed by atoms with Gasteiger partial charge in [0.2, 0.25) is 0 Å². The van der Waals surface area contributed by atoms with Crippen molar-refractivity contribution in [2.45, 2.75) is 27.7 Å². The zero-order valence-electron chi connectivity index (χ0n) is 17.6. The van der Waals surface area contributed by atoms with E-state index < -0.39 is 0 Å². The van der Waals surface area contributed by atoms with Crippen LogP contribution in [0.3, 0.4) is 0 Å². The van der Waals surface area contributed by atoms with Crippen LogP contribution in [0.2, 0.25) is 0 Å². The van der Waals surface area contributed by atoms with Crippen LogP contribution in [0.1, 0.15) is 27.8 Å². The quantitative estimate of drug-likeness (QED) is 0.608. The third-order valence-corrected chi connectivity index (χ3v) is 5.39. The number of carbonyl (C=O) groups is 2. The highest BCUT2D eigenvalue weighted by atomic mass is 16.2. The molecule has 0 spiro atoms. The van der Waals surface area contributed by atoms with Crippen molar-refractivity contribution in [1.29, 1.82) is 0 Å². The molecule has 4 nitrogen and oxygen atoms in total. The van der Waals surface area contributed by atoms with Crippen LogP contribution >= 0.6 is 0 Å². The molecule has 4 heteroatoms. The van der Waals surface area contributed by atoms with Crippen molar-refractivity contribution in [3.05, 3.63) is 100 Å². The van der Waals surface area contributed by atoms with Gasteiger partial charge >= 0.3 is 0 Å². The number of nitrogens with zero attached hydrogens (tertiary/aromatic N) is 1. The van der Waals surface area contributed by atoms with Gasteiger partial charge in [0.1, 0.15) is 5.70 Å². The molecule has 1 aliphatic heterocycles. The number of para-hydroxylation sites is 1. The maximum atomic E-state index is 13.5. The molecule has 0 aliphatic carbocycles. The number of carbonyl (C=O) groups excluding carboxylic acids is 2. The predicted octanol–water partition coefficient (Wildman–Crippen LogP) is 5.32. The lowest BCUT2D eigenvalue weighted by molar-refractivity contribution is -0.120. The van der Waals surface area contributed by atoms with Gasteiger partial charge in [0.25, 0.3) is 11.8 Å². The smallest absolute Gasteiger partial charge is 0.282 e. The normalized spacial score (nSPS) is 13.9. The Hall–Kier alpha value is -3.66. The third kappa shape index (κ3) is 3.41. The fourth-order valence-corrected chi connectivity index (χ4v) is 3.89. The average molecular weight is 396 g/mol. The Morgan fingerprint density at radius 2 is 1.33 bits per heavy atom. The first-order valence-corrected chi connectivity index (χ1v) is 9.97. The van der Waals surface area contributed by atoms with E-state index >= 15 is 0 Å². The van der Waals surface area contributed by atoms with Crippen LogP contribution in [0, 0.1) is 27.7 Å². The number of nitrogens with one attached hydrogen (secondary N) is 1. The van der Waals surface area contributed by atoms with E-state index in [0.717, 1.165) is 33.5 Å². The van der Waals surface area contributed by atoms with Crippen LogP contribution < -0.4 is 10.2 Å². The highest BCUT2D eigenvalue weighted by Gasteiger charge is 2.40. The molecule has 3 aromatic rings. The van der Waals surface area contributed by atoms with E-state index in [0.29, 0.717) is 17.0 Å². The molecule has 0 atom stereocenters. The Bertz CT molecular complexity index is 1190. The van der Waals surface area contributed by atoms with E-state index in [1.54, 1.807) is 12.1 Å². The second kappa shape index (κ2) is 7.64. The number of imide groups is 1. The Morgan fingerprint density at radius 3 is 1.97 bits per heavy atom. The van der Waals surface area contributed by atoms with Gasteiger partial charge < -0.3 is 5.32 Å². The van der Waals surface area contributed by atoms with Crippen LogP contribution in [0.15, 0.2) is 72.4 Å². The lowest BCUT2D eigenvalue weighted by Crippen LogP contribution is -2.32. The maximum Gasteiger partial charge on any atom is 0.282 e. The number of anilines is 2. The van der Waals surface area contributed by atoms with Crippen LogP contribution in [-0.4, -0.2) is 11.8 Å². The number of hydrogen-bond acceptors (Lipinski definition) is 3. The van der Waals surface area contributed by atoms with Crippen molar-refractivity contribution in [3.8, 4) is 0 Å². The van der Waals surface area contributed by atoms with Crippen molar-refractivity contribution in [2.75, 3.05) is 10.2 Å². The van der Waals surface area contributed by atoms with E-state index in [2.05, 4.69) is 11.4 Å². The summed E-state index contributed by atoms with van der Waals surface area (Å²) in [5.41, 5.74) is 7.08. The fraction of sp³-hybridized carbons (Fsp3) is 0.154. The number of hydrogen-bond donors (Lipinski definition) is 1. The van der Waals surface area contributed by atoms with Gasteiger partial charge in [0.15, 0.2) is 0 Å². The lowest BCUT2D eigenvalue weighted by Gasteiger charge is -2.15. The molecule has 0 saturated heterocycles. The molecule has 3 aromatic carbocycles. The fourth-order valence-electron chi connectivity index (χ4n) is 3.89. The zero-order chi connectivity index (χ0) is 21.4. The maximum absolute atomic E-state index is 13.5. The van der Waals surface area contributed by atoms with Gasteiger partial charge in [-0.2, -0.15) is 0 Å². The van der Waals surface area contributed by atoms with Crippen LogP contribution in [0.4, 0.5) is 11.4 Å². The number of amides is 2. The minimum atomic E-state index is -0.346. The van der Waals surface area contributed by atoms with E-state index in [1.807, 2.05) is 76.2 Å². The summed E-state index contributed by atoms with van der Waals surface area (Å²) in [6.45, 7) is 7.99. The van der Waals surface area contributed by atoms with Gasteiger partial charge in [-0.1, -0.05) is 59.7 Å². The summed E-state index contributed by atoms with van der Waals surface area (Å²) in [7, 11) is 0. The Kier molecular flexibility index (Phi) is 5.00. The van der Waals surface area contributed by atoms with Gasteiger partial charge in [0, 0.05) is 5.69 Å². The van der Waals surface area contributed by atoms with Crippen LogP contribution in [0.25, 0.3) is 5.57 Å². The summed E-state index contributed by atoms with van der Waals surface area (Å²) in [6.07, 6.45) is 0. The minimum Gasteiger partial charge on any atom is -0.350 e. The summed E-state index contributed by atoms with van der Waals surface area (Å²) in [4.78, 5) is 28.2. The standard InChI is InChI=1S/C26H24N2O2/c1-16-10-12-21(18(3)14-16)23-24(27-22-13-11-17(2)15-19(22)4)26(30)28(25(23)29)20-8-6-5-7-9-20/h5-15,27H,1-4H3. The first-order chi connectivity index (χ1) is 14.4. The number of aryl methyl sites for hydroxylation is 4. The summed E-state index contributed by atoms with van der Waals surface area (Å²) in [6, 6.07) is 21.0. The molecule has 0 bridgehead atoms. The van der Waals surface area contributed by atoms with Gasteiger partial charge in [0.05, 0.1) is 11.3 Å². The minimum absolute atomic E-state index is 0.308. The number of rotatable bonds is 4. The molecule has 1 N–H and O–H groups in total. The molecule has 0 saturated carbocycles. The first-order valence-electron chi connectivity index (χ1n) is 9.97. The van der Waals surface area contributed by atoms with Crippen molar-refractivity contribution in [3.63, 3.8) is 0 Å². The molecule has 0 fully saturated rings. The zero-order valence-corrected chi connectivity index (χ0v) is 17.6. The molecule has 1 aliphatic rings. The van der Waals surface area contributed by atoms with Gasteiger partial charge in [-0.25, -0.2) is 4.90 Å². The molecular formula is C26H24N2O2. The molecule has 0 radical (unpaired) electrons. The highest BCUT2D eigenvalue weighted by molar-refractivity contribution is 6.46. The van der Waals surface area contributed by atoms with Gasteiger partial charge in [-0.05, 0) is 62.6 Å². The summed E-state index contributed by atoms with van der Waals surface area (Å²) >= 11 is 0. The van der Waals surface area contributed by atoms with Crippen LogP contribution in [-0.2, 0) is 9.59 Å². The predicted molar refractivity (Wildman–Crippen MR) is 121 cm³/mol. The topological polar surface area (TPSA) is 49.4 Å². The highest BCUT2D eigenvalue weighted by Crippen LogP contribution is 2.35. The SMILES string of the molecule is Cc1ccc(NC2=C(c3ccc(C)cc3C)C(=O)N(c3ccccc3)C2=O)c(C)c1. The molecule has 150 valence electrons. The Labute approximate surface area is 176 Å². The van der Waals surface area contributed by atoms with Gasteiger partial charge in [-0.3, -0.25) is 9.59 Å². The molecule has 1 heterocycles. The third-order valence-electron chi connectivity index (χ3n) is 5.39. The molecule has 4 rings (SSSR count). The lowest BCUT2D eigenvalue weighted by atomic mass is 9.97. The van der Waals surface area contributed by atoms with E-state index in [4.69, 9.17) is 0 Å². The van der Waals surface area contributed by atoms with Crippen molar-refractivity contribution < 1.29 is 9.59 Å². The van der Waals surface area contributed by atoms with Crippen molar-refractivity contribution in [1.82, 2.24) is 0 Å². The second-order valence-electron chi connectivity index (χ2n) is 7.79. The van der Waals surface area contributed by atoms with E-state index in [-0.39, 0.29) is 11.8 Å². The van der Waals surface area contributed by atoms with E-state index in [1.165, 1.54) is 4.90 Å². The van der Waals surface area contributed by atoms with Crippen molar-refractivity contribution >= 4 is 28.8 Å². The average Bonchev–Trinajstić information content (AvgIpc) is 2.94. The molecule has 2 amide bonds. The largest absolute Gasteiger partial charge is 0.350 e. The first kappa shape index (κ1) is 19.6. The van der Waals surface area contributed by atoms with Crippen LogP contribution in [0.5, 0.6) is 0 Å². The van der Waals surface area contributed by atoms with E-state index in [9.17, 15) is 9.59 Å². The summed E-state index contributed by atoms with van der Waals surface area (Å²) in [5, 5.41) is 3.27. The molecule has 0 unspecified atom stereocenters. The molecular weight excluding hydrogens is 372 g/mol. The second-order valence-corrected chi connectivity index (χ2v) is 7.79. The monoisotopic (exact) mass is 396 g/mol. The molecule has 30 heavy (non-hydrogen) atoms. The summed E-state index contributed by atoms with van der Waals surface area (Å²) < 4.78 is 0. The Balaban J connectivity index is 1.88. The Morgan fingerprint density at radius 1 is 0.700 bits per heavy atom. The number of benzene rings is 3. The molecule has 0 aromatic heterocycles. The van der Waals surface area contributed by atoms with Crippen molar-refractivity contribution in [2.24, 2.45) is 0 Å². The van der Waals surface area contributed by atoms with Gasteiger partial charge in [-0.15, -0.1) is 0 Å².